The van der Waals surface area contributed by atoms with Crippen LogP contribution in [0.3, 0.4) is 0 Å². The van der Waals surface area contributed by atoms with Gasteiger partial charge in [-0.15, -0.1) is 11.3 Å². The molecule has 2 bridgehead atoms. The minimum atomic E-state index is -0.500. The van der Waals surface area contributed by atoms with Gasteiger partial charge in [-0.25, -0.2) is 4.79 Å². The van der Waals surface area contributed by atoms with Crippen LogP contribution in [-0.2, 0) is 32.1 Å². The number of hydrogen-bond acceptors (Lipinski definition) is 8. The van der Waals surface area contributed by atoms with Crippen LogP contribution < -0.4 is 5.11 Å². The van der Waals surface area contributed by atoms with Crippen LogP contribution in [0.4, 0.5) is 4.79 Å². The van der Waals surface area contributed by atoms with E-state index in [1.807, 2.05) is 29.6 Å². The van der Waals surface area contributed by atoms with E-state index in [2.05, 4.69) is 0 Å². The van der Waals surface area contributed by atoms with Gasteiger partial charge < -0.3 is 33.0 Å². The van der Waals surface area contributed by atoms with Gasteiger partial charge in [-0.2, -0.15) is 0 Å². The number of nitrogens with zero attached hydrogens (tertiary/aromatic N) is 2. The first-order chi connectivity index (χ1) is 16.6. The summed E-state index contributed by atoms with van der Waals surface area (Å²) in [6, 6.07) is 7.80. The lowest BCUT2D eigenvalue weighted by Gasteiger charge is -2.52. The number of carbonyl (C=O) groups is 2. The van der Waals surface area contributed by atoms with Gasteiger partial charge in [0, 0.05) is 37.2 Å². The van der Waals surface area contributed by atoms with Gasteiger partial charge in [-0.05, 0) is 23.6 Å². The van der Waals surface area contributed by atoms with Gasteiger partial charge in [0.05, 0.1) is 52.3 Å². The third kappa shape index (κ3) is 7.56. The van der Waals surface area contributed by atoms with Crippen molar-refractivity contribution >= 4 is 23.9 Å². The molecular weight excluding hydrogens is 460 g/mol. The number of fused-ring (bicyclic) bond motifs is 3. The summed E-state index contributed by atoms with van der Waals surface area (Å²) in [5.74, 6) is 1.23. The topological polar surface area (TPSA) is 101 Å². The second-order valence-electron chi connectivity index (χ2n) is 8.67. The summed E-state index contributed by atoms with van der Waals surface area (Å²) in [6.45, 7) is 6.57. The highest BCUT2D eigenvalue weighted by molar-refractivity contribution is 7.09. The average Bonchev–Trinajstić information content (AvgIpc) is 3.54. The Balaban J connectivity index is 0.00000103. The van der Waals surface area contributed by atoms with E-state index in [0.717, 1.165) is 60.7 Å². The smallest absolute Gasteiger partial charge is 0.411 e. The second-order valence-corrected chi connectivity index (χ2v) is 9.70. The van der Waals surface area contributed by atoms with Crippen molar-refractivity contribution in [3.8, 4) is 0 Å². The highest BCUT2D eigenvalue weighted by Crippen LogP contribution is 2.35. The quantitative estimate of drug-likeness (QED) is 0.268. The van der Waals surface area contributed by atoms with Crippen LogP contribution in [-0.4, -0.2) is 81.2 Å². The number of methoxy groups -OCH3 is 1. The summed E-state index contributed by atoms with van der Waals surface area (Å²) in [6.07, 6.45) is 3.58. The molecule has 10 heteroatoms. The lowest BCUT2D eigenvalue weighted by molar-refractivity contribution is -0.946. The molecular formula is C24H34N2O7S. The molecule has 0 saturated carbocycles. The molecule has 2 aromatic rings. The van der Waals surface area contributed by atoms with Crippen molar-refractivity contribution in [1.82, 2.24) is 4.90 Å². The maximum absolute atomic E-state index is 13.2. The molecule has 34 heavy (non-hydrogen) atoms. The fourth-order valence-electron chi connectivity index (χ4n) is 4.74. The molecule has 5 heterocycles. The Kier molecular flexibility index (Phi) is 10.4. The summed E-state index contributed by atoms with van der Waals surface area (Å²) >= 11 is 1.65. The van der Waals surface area contributed by atoms with Gasteiger partial charge in [-0.1, -0.05) is 6.07 Å². The zero-order chi connectivity index (χ0) is 24.2. The molecule has 0 unspecified atom stereocenters. The van der Waals surface area contributed by atoms with Crippen molar-refractivity contribution in [2.24, 2.45) is 5.92 Å². The van der Waals surface area contributed by atoms with E-state index in [-0.39, 0.29) is 12.2 Å². The number of carbonyl (C=O) groups excluding carboxylic acids is 2. The SMILES string of the molecule is COCCOCC[N+]12CCC(CC1)[C@@H](OC(=O)N(Cc1ccco1)Cc1cccs1)C2.O=C[O-]. The summed E-state index contributed by atoms with van der Waals surface area (Å²) in [4.78, 5) is 24.3. The highest BCUT2D eigenvalue weighted by Gasteiger charge is 2.47. The first-order valence-corrected chi connectivity index (χ1v) is 12.4. The minimum Gasteiger partial charge on any atom is -0.554 e. The van der Waals surface area contributed by atoms with E-state index in [1.165, 1.54) is 0 Å². The van der Waals surface area contributed by atoms with Crippen LogP contribution in [0.2, 0.25) is 0 Å². The Hall–Kier alpha value is -2.40. The minimum absolute atomic E-state index is 0.0311. The van der Waals surface area contributed by atoms with Crippen molar-refractivity contribution in [2.75, 3.05) is 53.1 Å². The number of carboxylic acid groups (broad SMARTS) is 1. The van der Waals surface area contributed by atoms with Gasteiger partial charge in [0.25, 0.3) is 0 Å². The van der Waals surface area contributed by atoms with Crippen LogP contribution in [0.1, 0.15) is 23.5 Å². The molecule has 3 aliphatic rings. The van der Waals surface area contributed by atoms with E-state index in [1.54, 1.807) is 29.6 Å². The lowest BCUT2D eigenvalue weighted by Crippen LogP contribution is -2.65. The van der Waals surface area contributed by atoms with Crippen LogP contribution in [0.5, 0.6) is 0 Å². The highest BCUT2D eigenvalue weighted by atomic mass is 32.1. The number of quaternary nitrogens is 1. The molecule has 3 aliphatic heterocycles. The fraction of sp³-hybridized carbons (Fsp3) is 0.583. The van der Waals surface area contributed by atoms with Gasteiger partial charge in [0.15, 0.2) is 6.10 Å². The van der Waals surface area contributed by atoms with E-state index in [9.17, 15) is 4.79 Å². The van der Waals surface area contributed by atoms with E-state index < -0.39 is 6.47 Å². The predicted octanol–water partition coefficient (Wildman–Crippen LogP) is 2.12. The van der Waals surface area contributed by atoms with Gasteiger partial charge in [-0.3, -0.25) is 4.90 Å². The fourth-order valence-corrected chi connectivity index (χ4v) is 5.46. The average molecular weight is 495 g/mol. The van der Waals surface area contributed by atoms with Crippen molar-refractivity contribution < 1.29 is 37.8 Å². The van der Waals surface area contributed by atoms with Crippen LogP contribution in [0, 0.1) is 5.92 Å². The number of piperidine rings is 3. The van der Waals surface area contributed by atoms with Crippen molar-refractivity contribution in [2.45, 2.75) is 32.0 Å². The molecule has 9 nitrogen and oxygen atoms in total. The number of thiophene rings is 1. The Labute approximate surface area is 204 Å². The Morgan fingerprint density at radius 1 is 1.24 bits per heavy atom. The molecule has 0 spiro atoms. The normalized spacial score (nSPS) is 23.1. The van der Waals surface area contributed by atoms with Crippen LogP contribution >= 0.6 is 11.3 Å². The summed E-state index contributed by atoms with van der Waals surface area (Å²) < 4.78 is 23.4. The van der Waals surface area contributed by atoms with E-state index in [0.29, 0.717) is 32.2 Å². The zero-order valence-electron chi connectivity index (χ0n) is 19.6. The van der Waals surface area contributed by atoms with Gasteiger partial charge in [0.1, 0.15) is 18.8 Å². The molecule has 3 saturated heterocycles. The molecule has 0 radical (unpaired) electrons. The second kappa shape index (κ2) is 13.5. The van der Waals surface area contributed by atoms with Crippen molar-refractivity contribution in [3.05, 3.63) is 46.5 Å². The Morgan fingerprint density at radius 2 is 2.03 bits per heavy atom. The Bertz CT molecular complexity index is 799. The van der Waals surface area contributed by atoms with Crippen molar-refractivity contribution in [1.29, 1.82) is 0 Å². The number of hydrogen-bond donors (Lipinski definition) is 0. The predicted molar refractivity (Wildman–Crippen MR) is 124 cm³/mol. The van der Waals surface area contributed by atoms with Crippen LogP contribution in [0.15, 0.2) is 40.3 Å². The summed E-state index contributed by atoms with van der Waals surface area (Å²) in [7, 11) is 1.69. The third-order valence-electron chi connectivity index (χ3n) is 6.55. The molecule has 0 aliphatic carbocycles. The molecule has 188 valence electrons. The molecule has 0 aromatic carbocycles. The maximum Gasteiger partial charge on any atom is 0.411 e. The van der Waals surface area contributed by atoms with Crippen LogP contribution in [0.25, 0.3) is 0 Å². The molecule has 1 amide bonds. The molecule has 1 atom stereocenters. The maximum atomic E-state index is 13.2. The number of furan rings is 1. The molecule has 2 aromatic heterocycles. The number of ether oxygens (including phenoxy) is 3. The molecule has 3 fully saturated rings. The summed E-state index contributed by atoms with van der Waals surface area (Å²) in [5.41, 5.74) is 0. The number of rotatable bonds is 11. The first-order valence-electron chi connectivity index (χ1n) is 11.6. The number of amides is 1. The first kappa shape index (κ1) is 26.2. The van der Waals surface area contributed by atoms with E-state index >= 15 is 0 Å². The van der Waals surface area contributed by atoms with Gasteiger partial charge >= 0.3 is 6.09 Å². The standard InChI is InChI=1S/C23H33N2O5S.CH2O2/c1-27-13-14-28-12-10-25-8-6-19(7-9-25)22(18-25)30-23(26)24(16-20-4-2-11-29-20)17-21-5-3-15-31-21;2-1-3/h2-5,11,15,19,22H,6-10,12-14,16-18H2,1H3;1H,(H,2,3)/q+1;/p-1/t19?,22-,25?;/m0./s1. The monoisotopic (exact) mass is 494 g/mol. The molecule has 5 rings (SSSR count). The zero-order valence-corrected chi connectivity index (χ0v) is 20.5. The van der Waals surface area contributed by atoms with Crippen molar-refractivity contribution in [3.63, 3.8) is 0 Å². The third-order valence-corrected chi connectivity index (χ3v) is 7.41. The summed E-state index contributed by atoms with van der Waals surface area (Å²) in [5, 5.41) is 10.3. The van der Waals surface area contributed by atoms with Gasteiger partial charge in [0.2, 0.25) is 0 Å². The van der Waals surface area contributed by atoms with E-state index in [4.69, 9.17) is 28.5 Å². The molecule has 0 N–H and O–H groups in total. The Morgan fingerprint density at radius 3 is 2.68 bits per heavy atom. The largest absolute Gasteiger partial charge is 0.554 e. The lowest BCUT2D eigenvalue weighted by atomic mass is 9.83.